The first-order valence-electron chi connectivity index (χ1n) is 36.7. The molecule has 0 saturated carbocycles. The molecule has 15 heteroatoms. The van der Waals surface area contributed by atoms with Gasteiger partial charge in [-0.1, -0.05) is 217 Å². The number of para-hydroxylation sites is 1. The van der Waals surface area contributed by atoms with Gasteiger partial charge in [0, 0.05) is 37.7 Å². The normalized spacial score (nSPS) is 11.0. The Balaban J connectivity index is -0.000000580. The second-order valence-corrected chi connectivity index (χ2v) is 24.5. The molecule has 536 valence electrons. The van der Waals surface area contributed by atoms with Gasteiger partial charge in [0.15, 0.2) is 5.82 Å². The van der Waals surface area contributed by atoms with Crippen LogP contribution in [0.3, 0.4) is 0 Å². The number of hydrogen-bond donors (Lipinski definition) is 1. The number of aromatic nitrogens is 3. The zero-order chi connectivity index (χ0) is 69.1. The summed E-state index contributed by atoms with van der Waals surface area (Å²) in [5.41, 5.74) is 7.82. The number of nitrogen functional groups attached to an aromatic ring is 1. The molecule has 0 unspecified atom stereocenters. The summed E-state index contributed by atoms with van der Waals surface area (Å²) in [6, 6.07) is 7.83. The first-order chi connectivity index (χ1) is 45.2. The fourth-order valence-electron chi connectivity index (χ4n) is 9.79. The molecule has 0 radical (unpaired) electrons. The van der Waals surface area contributed by atoms with E-state index < -0.39 is 5.60 Å². The summed E-state index contributed by atoms with van der Waals surface area (Å²) in [7, 11) is 0. The first kappa shape index (κ1) is 97.5. The Bertz CT molecular complexity index is 2200. The smallest absolute Gasteiger partial charge is 0.461 e. The van der Waals surface area contributed by atoms with E-state index in [9.17, 15) is 19.2 Å². The van der Waals surface area contributed by atoms with Crippen LogP contribution < -0.4 is 43.5 Å². The fourth-order valence-corrected chi connectivity index (χ4v) is 9.79. The van der Waals surface area contributed by atoms with Crippen LogP contribution in [0.2, 0.25) is 0 Å². The maximum Gasteiger partial charge on any atom is 1.00 e. The third-order valence-corrected chi connectivity index (χ3v) is 15.0. The SMILES string of the molecule is [CH2-]CCCCC(=O)OC(C)(C)Cn1c(COCC)nc2c(N)nc3ccccc3c21.[CH2-]CCCCCCCC(=O)OC/C=C/CCCCCC.[CH2-]CCCCCCCC(=O)OC/C=C/CCCCCC.[CH2-]CCCCCCCC(=O)OC/C=C/CCCCCC.[CH2-]C[CH2-].[Li+].[Li+]. The number of nitrogens with zero attached hydrogens (tertiary/aromatic N) is 3. The number of carbonyl (C=O) groups is 4. The maximum atomic E-state index is 12.3. The number of pyridine rings is 1. The van der Waals surface area contributed by atoms with Crippen molar-refractivity contribution >= 4 is 51.6 Å². The van der Waals surface area contributed by atoms with Gasteiger partial charge in [0.25, 0.3) is 0 Å². The van der Waals surface area contributed by atoms with Crippen LogP contribution in [-0.2, 0) is 56.0 Å². The van der Waals surface area contributed by atoms with Crippen LogP contribution in [0.4, 0.5) is 5.82 Å². The van der Waals surface area contributed by atoms with Crippen LogP contribution in [-0.4, -0.2) is 70.4 Å². The molecule has 2 N–H and O–H groups in total. The van der Waals surface area contributed by atoms with Crippen molar-refractivity contribution in [1.29, 1.82) is 0 Å². The van der Waals surface area contributed by atoms with Gasteiger partial charge >= 0.3 is 61.6 Å². The molecular weight excluding hydrogens is 1170 g/mol. The minimum absolute atomic E-state index is 0. The minimum atomic E-state index is -0.727. The molecule has 2 aromatic heterocycles. The molecule has 1 aromatic carbocycles. The summed E-state index contributed by atoms with van der Waals surface area (Å²) in [4.78, 5) is 55.9. The second kappa shape index (κ2) is 72.9. The molecule has 0 fully saturated rings. The quantitative estimate of drug-likeness (QED) is 0.0142. The number of esters is 4. The third-order valence-electron chi connectivity index (χ3n) is 15.0. The molecule has 0 aliphatic carbocycles. The monoisotopic (exact) mass is 1310 g/mol. The predicted molar refractivity (Wildman–Crippen MR) is 394 cm³/mol. The number of nitrogens with two attached hydrogens (primary N) is 1. The van der Waals surface area contributed by atoms with Crippen LogP contribution in [0.15, 0.2) is 60.7 Å². The van der Waals surface area contributed by atoms with E-state index in [1.807, 2.05) is 63.3 Å². The van der Waals surface area contributed by atoms with Crippen molar-refractivity contribution in [1.82, 2.24) is 14.5 Å². The van der Waals surface area contributed by atoms with E-state index in [4.69, 9.17) is 34.4 Å². The molecule has 0 aliphatic rings. The van der Waals surface area contributed by atoms with Gasteiger partial charge in [-0.15, -0.1) is 0 Å². The zero-order valence-electron chi connectivity index (χ0n) is 62.3. The van der Waals surface area contributed by atoms with Crippen molar-refractivity contribution in [3.8, 4) is 0 Å². The molecule has 0 atom stereocenters. The summed E-state index contributed by atoms with van der Waals surface area (Å²) < 4.78 is 29.0. The molecule has 0 aliphatic heterocycles. The van der Waals surface area contributed by atoms with E-state index in [0.29, 0.717) is 76.6 Å². The average molecular weight is 1310 g/mol. The van der Waals surface area contributed by atoms with Gasteiger partial charge in [0.2, 0.25) is 0 Å². The minimum Gasteiger partial charge on any atom is -0.461 e. The van der Waals surface area contributed by atoms with Gasteiger partial charge in [0.1, 0.15) is 43.4 Å². The number of allylic oxidation sites excluding steroid dienone is 3. The maximum absolute atomic E-state index is 12.3. The summed E-state index contributed by atoms with van der Waals surface area (Å²) >= 11 is 0. The van der Waals surface area contributed by atoms with Crippen LogP contribution >= 0.6 is 0 Å². The molecule has 0 amide bonds. The zero-order valence-corrected chi connectivity index (χ0v) is 62.3. The summed E-state index contributed by atoms with van der Waals surface area (Å²) in [6.45, 7) is 37.1. The van der Waals surface area contributed by atoms with Gasteiger partial charge in [-0.05, 0) is 91.0 Å². The Morgan fingerprint density at radius 3 is 1.21 bits per heavy atom. The molecule has 0 bridgehead atoms. The van der Waals surface area contributed by atoms with Crippen LogP contribution in [0.25, 0.3) is 21.9 Å². The van der Waals surface area contributed by atoms with E-state index in [1.54, 1.807) is 0 Å². The van der Waals surface area contributed by atoms with Crippen molar-refractivity contribution in [2.24, 2.45) is 0 Å². The Morgan fingerprint density at radius 1 is 0.474 bits per heavy atom. The predicted octanol–water partition coefficient (Wildman–Crippen LogP) is 16.3. The number of fused-ring (bicyclic) bond motifs is 3. The molecule has 2 heterocycles. The van der Waals surface area contributed by atoms with Gasteiger partial charge in [-0.3, -0.25) is 19.2 Å². The number of rotatable bonds is 52. The van der Waals surface area contributed by atoms with Crippen molar-refractivity contribution in [2.75, 3.05) is 32.2 Å². The molecule has 0 saturated heterocycles. The van der Waals surface area contributed by atoms with Crippen LogP contribution in [0.1, 0.15) is 311 Å². The number of ether oxygens (including phenoxy) is 5. The van der Waals surface area contributed by atoms with Gasteiger partial charge < -0.3 is 81.9 Å². The number of benzene rings is 1. The number of imidazole rings is 1. The average Bonchev–Trinajstić information content (AvgIpc) is 1.63. The Morgan fingerprint density at radius 2 is 0.821 bits per heavy atom. The molecule has 13 nitrogen and oxygen atoms in total. The summed E-state index contributed by atoms with van der Waals surface area (Å²) in [5, 5.41) is 0.953. The van der Waals surface area contributed by atoms with E-state index in [1.165, 1.54) is 135 Å². The van der Waals surface area contributed by atoms with E-state index in [0.717, 1.165) is 125 Å². The fraction of sp³-hybridized carbons (Fsp3) is 0.675. The van der Waals surface area contributed by atoms with Crippen LogP contribution in [0, 0.1) is 41.5 Å². The molecule has 3 rings (SSSR count). The van der Waals surface area contributed by atoms with Crippen molar-refractivity contribution in [2.45, 2.75) is 324 Å². The van der Waals surface area contributed by atoms with Gasteiger partial charge in [0.05, 0.1) is 17.6 Å². The van der Waals surface area contributed by atoms with Crippen LogP contribution in [0.5, 0.6) is 0 Å². The summed E-state index contributed by atoms with van der Waals surface area (Å²) in [5.74, 6) is 0.740. The van der Waals surface area contributed by atoms with E-state index in [-0.39, 0.29) is 61.6 Å². The molecular formula is C80H136Li2N4O9-4. The second-order valence-electron chi connectivity index (χ2n) is 24.5. The van der Waals surface area contributed by atoms with E-state index >= 15 is 0 Å². The topological polar surface area (TPSA) is 171 Å². The standard InChI is InChI=1S/C23H31N4O3.3C18H33O2.C3H6.2Li/c1-5-7-8-13-19(28)30-23(3,4)15-27-18(14-29-6-2)26-20-21(27)16-11-9-10-12-17(16)25-22(20)24;3*1-3-5-7-9-11-13-15-17-20-18(19)16-14-12-10-8-6-4-2;1-3-2;;/h9-12H,1,5-8,13-15H2,2-4H3,(H2,24,25);3*13,15H,2-12,14,16-17H2,1H3;1-3H2;;/q4*-1;-2;2*+1/b;3*15-13+;;;. The Hall–Kier alpha value is -3.85. The molecule has 0 spiro atoms. The first-order valence-corrected chi connectivity index (χ1v) is 36.7. The number of anilines is 1. The Kier molecular flexibility index (Phi) is 74.8. The Labute approximate surface area is 606 Å². The number of unbranched alkanes of at least 4 members (excludes halogenated alkanes) is 29. The van der Waals surface area contributed by atoms with Crippen molar-refractivity contribution < 1.29 is 80.6 Å². The number of carbonyl (C=O) groups excluding carboxylic acids is 4. The van der Waals surface area contributed by atoms with Gasteiger partial charge in [-0.25, -0.2) is 9.97 Å². The van der Waals surface area contributed by atoms with Crippen molar-refractivity contribution in [3.63, 3.8) is 0 Å². The third kappa shape index (κ3) is 59.9. The number of hydrogen-bond acceptors (Lipinski definition) is 12. The summed E-state index contributed by atoms with van der Waals surface area (Å²) in [6.07, 6.45) is 56.6. The van der Waals surface area contributed by atoms with E-state index in [2.05, 4.69) is 90.1 Å². The molecule has 3 aromatic rings. The largest absolute Gasteiger partial charge is 1.00 e. The van der Waals surface area contributed by atoms with Crippen molar-refractivity contribution in [3.05, 3.63) is 108 Å². The molecule has 95 heavy (non-hydrogen) atoms. The van der Waals surface area contributed by atoms with Gasteiger partial charge in [-0.2, -0.15) is 25.7 Å².